The first-order chi connectivity index (χ1) is 17.6. The molecule has 5 rings (SSSR count). The number of anilines is 1. The van der Waals surface area contributed by atoms with Crippen LogP contribution < -0.4 is 4.72 Å². The van der Waals surface area contributed by atoms with Gasteiger partial charge in [0, 0.05) is 6.42 Å². The normalized spacial score (nSPS) is 18.7. The number of ether oxygens (including phenoxy) is 1. The third-order valence-electron chi connectivity index (χ3n) is 6.23. The average Bonchev–Trinajstić information content (AvgIpc) is 3.37. The van der Waals surface area contributed by atoms with Crippen LogP contribution in [-0.2, 0) is 31.6 Å². The van der Waals surface area contributed by atoms with E-state index in [9.17, 15) is 22.4 Å². The zero-order valence-electron chi connectivity index (χ0n) is 19.9. The number of nitrogens with one attached hydrogen (secondary N) is 2. The number of hydrogen-bond donors (Lipinski definition) is 2. The fourth-order valence-corrected chi connectivity index (χ4v) is 5.01. The van der Waals surface area contributed by atoms with Crippen LogP contribution >= 0.6 is 0 Å². The Morgan fingerprint density at radius 1 is 1.08 bits per heavy atom. The van der Waals surface area contributed by atoms with Crippen LogP contribution in [0.25, 0.3) is 11.0 Å². The highest BCUT2D eigenvalue weighted by Crippen LogP contribution is 2.41. The SMILES string of the molecule is C[C@H](c1ccc(F)cc1)N1C(=O)O[C@](Cc2ccccc2)(c2nc3ccc(NS(C)(=O)=O)cc3[nH]2)C1=O. The molecule has 1 aromatic heterocycles. The minimum atomic E-state index is -3.51. The fourth-order valence-electron chi connectivity index (χ4n) is 4.45. The van der Waals surface area contributed by atoms with Crippen molar-refractivity contribution in [3.63, 3.8) is 0 Å². The van der Waals surface area contributed by atoms with E-state index >= 15 is 0 Å². The van der Waals surface area contributed by atoms with Gasteiger partial charge < -0.3 is 9.72 Å². The van der Waals surface area contributed by atoms with Gasteiger partial charge in [-0.3, -0.25) is 9.52 Å². The van der Waals surface area contributed by atoms with Crippen LogP contribution in [0, 0.1) is 5.82 Å². The predicted octanol–water partition coefficient (Wildman–Crippen LogP) is 4.25. The number of carbonyl (C=O) groups is 2. The van der Waals surface area contributed by atoms with E-state index in [1.54, 1.807) is 25.1 Å². The molecule has 2 amide bonds. The Hall–Kier alpha value is -4.25. The first-order valence-electron chi connectivity index (χ1n) is 11.4. The molecule has 0 spiro atoms. The molecule has 0 saturated carbocycles. The molecule has 2 heterocycles. The van der Waals surface area contributed by atoms with Gasteiger partial charge in [-0.25, -0.2) is 27.5 Å². The summed E-state index contributed by atoms with van der Waals surface area (Å²) in [7, 11) is -3.51. The number of fused-ring (bicyclic) bond motifs is 1. The molecule has 1 aliphatic rings. The number of halogens is 1. The number of carbonyl (C=O) groups excluding carboxylic acids is 2. The largest absolute Gasteiger partial charge is 0.424 e. The van der Waals surface area contributed by atoms with Crippen LogP contribution in [0.3, 0.4) is 0 Å². The molecule has 3 aromatic carbocycles. The van der Waals surface area contributed by atoms with Crippen LogP contribution in [0.5, 0.6) is 0 Å². The maximum atomic E-state index is 14.0. The Bertz CT molecular complexity index is 1610. The number of nitrogens with zero attached hydrogens (tertiary/aromatic N) is 2. The van der Waals surface area contributed by atoms with Gasteiger partial charge in [0.2, 0.25) is 10.0 Å². The Kier molecular flexibility index (Phi) is 5.95. The van der Waals surface area contributed by atoms with Gasteiger partial charge in [0.05, 0.1) is 29.0 Å². The zero-order valence-corrected chi connectivity index (χ0v) is 20.8. The standard InChI is InChI=1S/C26H23FN4O5S/c1-16(18-8-10-19(27)11-9-18)31-24(32)26(36-25(31)33,15-17-6-4-3-5-7-17)23-28-21-13-12-20(14-22(21)29-23)30-37(2,34)35/h3-14,16,30H,15H2,1-2H3,(H,28,29)/t16-,26-/m1/s1. The highest BCUT2D eigenvalue weighted by Gasteiger charge is 2.58. The van der Waals surface area contributed by atoms with Crippen LogP contribution in [0.2, 0.25) is 0 Å². The van der Waals surface area contributed by atoms with Crippen LogP contribution in [-0.4, -0.2) is 41.5 Å². The number of aromatic nitrogens is 2. The monoisotopic (exact) mass is 522 g/mol. The minimum absolute atomic E-state index is 0.0132. The maximum Gasteiger partial charge on any atom is 0.418 e. The van der Waals surface area contributed by atoms with Gasteiger partial charge >= 0.3 is 6.09 Å². The summed E-state index contributed by atoms with van der Waals surface area (Å²) in [6.07, 6.45) is 0.203. The summed E-state index contributed by atoms with van der Waals surface area (Å²) in [5, 5.41) is 0. The van der Waals surface area contributed by atoms with Crippen molar-refractivity contribution < 1.29 is 27.1 Å². The van der Waals surface area contributed by atoms with Crippen molar-refractivity contribution >= 4 is 38.7 Å². The molecule has 0 bridgehead atoms. The first-order valence-corrected chi connectivity index (χ1v) is 13.3. The van der Waals surface area contributed by atoms with Gasteiger partial charge in [-0.15, -0.1) is 0 Å². The number of imidazole rings is 1. The van der Waals surface area contributed by atoms with Crippen molar-refractivity contribution in [1.29, 1.82) is 0 Å². The maximum absolute atomic E-state index is 14.0. The number of imide groups is 1. The van der Waals surface area contributed by atoms with E-state index in [0.717, 1.165) is 16.7 Å². The number of amides is 2. The third kappa shape index (κ3) is 4.65. The second-order valence-corrected chi connectivity index (χ2v) is 10.7. The zero-order chi connectivity index (χ0) is 26.4. The van der Waals surface area contributed by atoms with E-state index < -0.39 is 39.5 Å². The highest BCUT2D eigenvalue weighted by atomic mass is 32.2. The first kappa shape index (κ1) is 24.4. The van der Waals surface area contributed by atoms with Crippen molar-refractivity contribution in [1.82, 2.24) is 14.9 Å². The summed E-state index contributed by atoms with van der Waals surface area (Å²) in [4.78, 5) is 35.8. The summed E-state index contributed by atoms with van der Waals surface area (Å²) in [6, 6.07) is 18.6. The molecule has 2 atom stereocenters. The lowest BCUT2D eigenvalue weighted by atomic mass is 9.92. The minimum Gasteiger partial charge on any atom is -0.424 e. The molecule has 11 heteroatoms. The van der Waals surface area contributed by atoms with Crippen LogP contribution in [0.15, 0.2) is 72.8 Å². The van der Waals surface area contributed by atoms with Crippen molar-refractivity contribution in [2.45, 2.75) is 25.0 Å². The topological polar surface area (TPSA) is 121 Å². The smallest absolute Gasteiger partial charge is 0.418 e. The molecule has 190 valence electrons. The van der Waals surface area contributed by atoms with Gasteiger partial charge in [0.1, 0.15) is 5.82 Å². The Morgan fingerprint density at radius 3 is 2.46 bits per heavy atom. The molecule has 1 aliphatic heterocycles. The fraction of sp³-hybridized carbons (Fsp3) is 0.192. The molecule has 0 radical (unpaired) electrons. The van der Waals surface area contributed by atoms with Crippen LogP contribution in [0.1, 0.15) is 29.9 Å². The Morgan fingerprint density at radius 2 is 1.78 bits per heavy atom. The number of H-pyrrole nitrogens is 1. The molecule has 0 aliphatic carbocycles. The van der Waals surface area contributed by atoms with E-state index in [-0.39, 0.29) is 12.2 Å². The molecule has 2 N–H and O–H groups in total. The van der Waals surface area contributed by atoms with Crippen molar-refractivity contribution in [3.8, 4) is 0 Å². The number of sulfonamides is 1. The molecular weight excluding hydrogens is 499 g/mol. The summed E-state index contributed by atoms with van der Waals surface area (Å²) in [6.45, 7) is 1.66. The van der Waals surface area contributed by atoms with Gasteiger partial charge in [-0.1, -0.05) is 42.5 Å². The van der Waals surface area contributed by atoms with E-state index in [1.165, 1.54) is 24.3 Å². The van der Waals surface area contributed by atoms with Crippen molar-refractivity contribution in [2.75, 3.05) is 11.0 Å². The molecule has 0 unspecified atom stereocenters. The van der Waals surface area contributed by atoms with Crippen molar-refractivity contribution in [2.24, 2.45) is 0 Å². The average molecular weight is 523 g/mol. The van der Waals surface area contributed by atoms with Gasteiger partial charge in [0.25, 0.3) is 11.5 Å². The molecule has 1 fully saturated rings. The lowest BCUT2D eigenvalue weighted by Gasteiger charge is -2.25. The van der Waals surface area contributed by atoms with E-state index in [2.05, 4.69) is 14.7 Å². The summed E-state index contributed by atoms with van der Waals surface area (Å²) in [5.41, 5.74) is 0.711. The quantitative estimate of drug-likeness (QED) is 0.374. The summed E-state index contributed by atoms with van der Waals surface area (Å²) >= 11 is 0. The highest BCUT2D eigenvalue weighted by molar-refractivity contribution is 7.92. The van der Waals surface area contributed by atoms with Gasteiger partial charge in [-0.05, 0) is 48.4 Å². The third-order valence-corrected chi connectivity index (χ3v) is 6.83. The Labute approximate surface area is 212 Å². The molecule has 37 heavy (non-hydrogen) atoms. The van der Waals surface area contributed by atoms with E-state index in [4.69, 9.17) is 4.74 Å². The van der Waals surface area contributed by atoms with Crippen molar-refractivity contribution in [3.05, 3.63) is 95.6 Å². The number of hydrogen-bond acceptors (Lipinski definition) is 6. The summed E-state index contributed by atoms with van der Waals surface area (Å²) in [5.74, 6) is -0.946. The second kappa shape index (κ2) is 9.00. The van der Waals surface area contributed by atoms with E-state index in [1.807, 2.05) is 30.3 Å². The van der Waals surface area contributed by atoms with Gasteiger partial charge in [-0.2, -0.15) is 0 Å². The lowest BCUT2D eigenvalue weighted by molar-refractivity contribution is -0.139. The molecule has 9 nitrogen and oxygen atoms in total. The number of rotatable bonds is 7. The Balaban J connectivity index is 1.59. The number of benzene rings is 3. The predicted molar refractivity (Wildman–Crippen MR) is 135 cm³/mol. The molecular formula is C26H23FN4O5S. The number of aromatic amines is 1. The summed E-state index contributed by atoms with van der Waals surface area (Å²) < 4.78 is 45.0. The molecule has 4 aromatic rings. The van der Waals surface area contributed by atoms with Crippen LogP contribution in [0.4, 0.5) is 14.9 Å². The second-order valence-electron chi connectivity index (χ2n) is 8.95. The lowest BCUT2D eigenvalue weighted by Crippen LogP contribution is -2.42. The molecule has 1 saturated heterocycles. The van der Waals surface area contributed by atoms with E-state index in [0.29, 0.717) is 22.3 Å². The van der Waals surface area contributed by atoms with Gasteiger partial charge in [0.15, 0.2) is 5.82 Å². The number of cyclic esters (lactones) is 1.